The zero-order valence-corrected chi connectivity index (χ0v) is 13.2. The van der Waals surface area contributed by atoms with E-state index in [0.29, 0.717) is 37.9 Å². The Balaban J connectivity index is 1.86. The average Bonchev–Trinajstić information content (AvgIpc) is 2.56. The molecule has 2 heterocycles. The van der Waals surface area contributed by atoms with E-state index in [9.17, 15) is 9.59 Å². The fraction of sp³-hybridized carbons (Fsp3) is 0.533. The normalized spacial score (nSPS) is 17.6. The van der Waals surface area contributed by atoms with Crippen molar-refractivity contribution in [3.8, 4) is 5.88 Å². The van der Waals surface area contributed by atoms with Gasteiger partial charge in [0.05, 0.1) is 24.4 Å². The fourth-order valence-electron chi connectivity index (χ4n) is 2.40. The van der Waals surface area contributed by atoms with Crippen LogP contribution in [0.15, 0.2) is 18.3 Å². The zero-order valence-electron chi connectivity index (χ0n) is 13.2. The molecule has 1 aliphatic rings. The number of likely N-dealkylation sites (tertiary alicyclic amines) is 1. The van der Waals surface area contributed by atoms with Crippen LogP contribution in [0.4, 0.5) is 10.5 Å². The summed E-state index contributed by atoms with van der Waals surface area (Å²) >= 11 is 0. The summed E-state index contributed by atoms with van der Waals surface area (Å²) in [5.74, 6) is 0.0808. The van der Waals surface area contributed by atoms with Gasteiger partial charge in [0.25, 0.3) is 0 Å². The van der Waals surface area contributed by atoms with Crippen LogP contribution in [-0.2, 0) is 9.53 Å². The second-order valence-electron chi connectivity index (χ2n) is 5.34. The first-order valence-corrected chi connectivity index (χ1v) is 7.53. The summed E-state index contributed by atoms with van der Waals surface area (Å²) in [6.45, 7) is 1.86. The van der Waals surface area contributed by atoms with Gasteiger partial charge in [-0.1, -0.05) is 0 Å². The molecule has 0 bridgehead atoms. The van der Waals surface area contributed by atoms with Gasteiger partial charge in [0.2, 0.25) is 11.8 Å². The number of nitrogens with two attached hydrogens (primary N) is 1. The van der Waals surface area contributed by atoms with Crippen molar-refractivity contribution in [1.29, 1.82) is 0 Å². The summed E-state index contributed by atoms with van der Waals surface area (Å²) in [5, 5.41) is 2.81. The van der Waals surface area contributed by atoms with E-state index >= 15 is 0 Å². The Kier molecular flexibility index (Phi) is 6.16. The van der Waals surface area contributed by atoms with Crippen molar-refractivity contribution in [2.75, 3.05) is 38.7 Å². The van der Waals surface area contributed by atoms with E-state index in [4.69, 9.17) is 15.2 Å². The fourth-order valence-corrected chi connectivity index (χ4v) is 2.40. The number of pyridine rings is 1. The monoisotopic (exact) mass is 322 g/mol. The predicted molar refractivity (Wildman–Crippen MR) is 84.1 cm³/mol. The molecule has 1 fully saturated rings. The molecule has 1 aromatic heterocycles. The molecule has 0 aromatic carbocycles. The first kappa shape index (κ1) is 17.0. The van der Waals surface area contributed by atoms with Crippen LogP contribution < -0.4 is 15.8 Å². The lowest BCUT2D eigenvalue weighted by atomic mass is 9.97. The van der Waals surface area contributed by atoms with Crippen LogP contribution in [-0.4, -0.2) is 55.2 Å². The first-order chi connectivity index (χ1) is 11.1. The maximum Gasteiger partial charge on any atom is 0.314 e. The van der Waals surface area contributed by atoms with Gasteiger partial charge >= 0.3 is 6.03 Å². The largest absolute Gasteiger partial charge is 0.475 e. The Hall–Kier alpha value is -2.35. The molecule has 0 aliphatic carbocycles. The molecule has 8 heteroatoms. The number of hydrogen-bond acceptors (Lipinski definition) is 5. The molecule has 8 nitrogen and oxygen atoms in total. The number of urea groups is 1. The first-order valence-electron chi connectivity index (χ1n) is 7.53. The smallest absolute Gasteiger partial charge is 0.314 e. The number of piperidine rings is 1. The van der Waals surface area contributed by atoms with E-state index in [1.807, 2.05) is 0 Å². The van der Waals surface area contributed by atoms with E-state index in [-0.39, 0.29) is 11.8 Å². The third kappa shape index (κ3) is 5.10. The number of ether oxygens (including phenoxy) is 2. The second-order valence-corrected chi connectivity index (χ2v) is 5.34. The highest BCUT2D eigenvalue weighted by atomic mass is 16.5. The lowest BCUT2D eigenvalue weighted by Crippen LogP contribution is -2.46. The topological polar surface area (TPSA) is 107 Å². The predicted octanol–water partition coefficient (Wildman–Crippen LogP) is 0.836. The van der Waals surface area contributed by atoms with Crippen LogP contribution in [0.3, 0.4) is 0 Å². The van der Waals surface area contributed by atoms with Crippen LogP contribution in [0.25, 0.3) is 0 Å². The van der Waals surface area contributed by atoms with E-state index in [1.54, 1.807) is 19.2 Å². The van der Waals surface area contributed by atoms with Crippen molar-refractivity contribution >= 4 is 17.6 Å². The molecule has 23 heavy (non-hydrogen) atoms. The molecule has 0 unspecified atom stereocenters. The quantitative estimate of drug-likeness (QED) is 0.755. The summed E-state index contributed by atoms with van der Waals surface area (Å²) in [4.78, 5) is 29.1. The number of nitrogens with zero attached hydrogens (tertiary/aromatic N) is 2. The standard InChI is InChI=1S/C15H22N4O4/c1-22-7-8-23-13-5-4-12(9-17-13)18-14(20)11-3-2-6-19(10-11)15(16)21/h4-5,9,11H,2-3,6-8,10H2,1H3,(H2,16,21)(H,18,20)/t11-/m1/s1. The molecule has 1 saturated heterocycles. The third-order valence-electron chi connectivity index (χ3n) is 3.65. The number of carbonyl (C=O) groups is 2. The van der Waals surface area contributed by atoms with Crippen LogP contribution in [0.5, 0.6) is 5.88 Å². The van der Waals surface area contributed by atoms with Gasteiger partial charge in [0.1, 0.15) is 6.61 Å². The highest BCUT2D eigenvalue weighted by Crippen LogP contribution is 2.19. The van der Waals surface area contributed by atoms with Crippen molar-refractivity contribution in [3.63, 3.8) is 0 Å². The Labute approximate surface area is 134 Å². The zero-order chi connectivity index (χ0) is 16.7. The van der Waals surface area contributed by atoms with E-state index < -0.39 is 6.03 Å². The lowest BCUT2D eigenvalue weighted by molar-refractivity contribution is -0.121. The number of methoxy groups -OCH3 is 1. The molecule has 3 amide bonds. The minimum atomic E-state index is -0.485. The summed E-state index contributed by atoms with van der Waals surface area (Å²) in [6.07, 6.45) is 3.04. The average molecular weight is 322 g/mol. The van der Waals surface area contributed by atoms with E-state index in [0.717, 1.165) is 12.8 Å². The van der Waals surface area contributed by atoms with Gasteiger partial charge in [-0.3, -0.25) is 4.79 Å². The third-order valence-corrected chi connectivity index (χ3v) is 3.65. The van der Waals surface area contributed by atoms with Gasteiger partial charge in [0, 0.05) is 26.3 Å². The van der Waals surface area contributed by atoms with Gasteiger partial charge in [-0.05, 0) is 18.9 Å². The number of aromatic nitrogens is 1. The molecule has 1 atom stereocenters. The molecule has 0 radical (unpaired) electrons. The highest BCUT2D eigenvalue weighted by Gasteiger charge is 2.27. The van der Waals surface area contributed by atoms with Crippen LogP contribution >= 0.6 is 0 Å². The van der Waals surface area contributed by atoms with E-state index in [1.165, 1.54) is 11.1 Å². The minimum absolute atomic E-state index is 0.134. The summed E-state index contributed by atoms with van der Waals surface area (Å²) in [7, 11) is 1.60. The number of nitrogens with one attached hydrogen (secondary N) is 1. The van der Waals surface area contributed by atoms with Crippen LogP contribution in [0.2, 0.25) is 0 Å². The number of anilines is 1. The molecule has 1 aromatic rings. The molecule has 2 rings (SSSR count). The van der Waals surface area contributed by atoms with Crippen LogP contribution in [0, 0.1) is 5.92 Å². The van der Waals surface area contributed by atoms with E-state index in [2.05, 4.69) is 10.3 Å². The molecule has 1 aliphatic heterocycles. The molecule has 0 spiro atoms. The number of rotatable bonds is 6. The lowest BCUT2D eigenvalue weighted by Gasteiger charge is -2.30. The van der Waals surface area contributed by atoms with Crippen molar-refractivity contribution in [2.45, 2.75) is 12.8 Å². The minimum Gasteiger partial charge on any atom is -0.475 e. The Bertz CT molecular complexity index is 535. The van der Waals surface area contributed by atoms with Gasteiger partial charge < -0.3 is 25.4 Å². The van der Waals surface area contributed by atoms with Gasteiger partial charge in [-0.2, -0.15) is 0 Å². The Morgan fingerprint density at radius 2 is 2.26 bits per heavy atom. The Morgan fingerprint density at radius 1 is 1.43 bits per heavy atom. The van der Waals surface area contributed by atoms with Crippen LogP contribution in [0.1, 0.15) is 12.8 Å². The maximum atomic E-state index is 12.3. The summed E-state index contributed by atoms with van der Waals surface area (Å²) in [6, 6.07) is 2.92. The maximum absolute atomic E-state index is 12.3. The van der Waals surface area contributed by atoms with Gasteiger partial charge in [-0.25, -0.2) is 9.78 Å². The van der Waals surface area contributed by atoms with Gasteiger partial charge in [0.15, 0.2) is 0 Å². The molecular weight excluding hydrogens is 300 g/mol. The van der Waals surface area contributed by atoms with Gasteiger partial charge in [-0.15, -0.1) is 0 Å². The van der Waals surface area contributed by atoms with Crippen molar-refractivity contribution < 1.29 is 19.1 Å². The Morgan fingerprint density at radius 3 is 2.91 bits per heavy atom. The molecular formula is C15H22N4O4. The van der Waals surface area contributed by atoms with Crippen molar-refractivity contribution in [1.82, 2.24) is 9.88 Å². The number of carbonyl (C=O) groups excluding carboxylic acids is 2. The second kappa shape index (κ2) is 8.33. The summed E-state index contributed by atoms with van der Waals surface area (Å²) < 4.78 is 10.2. The molecule has 3 N–H and O–H groups in total. The molecule has 0 saturated carbocycles. The number of amides is 3. The van der Waals surface area contributed by atoms with Crippen molar-refractivity contribution in [2.24, 2.45) is 11.7 Å². The molecule has 126 valence electrons. The SMILES string of the molecule is COCCOc1ccc(NC(=O)[C@@H]2CCCN(C(N)=O)C2)cn1. The van der Waals surface area contributed by atoms with Crippen molar-refractivity contribution in [3.05, 3.63) is 18.3 Å². The summed E-state index contributed by atoms with van der Waals surface area (Å²) in [5.41, 5.74) is 5.86. The number of primary amides is 1. The highest BCUT2D eigenvalue weighted by molar-refractivity contribution is 5.93. The number of hydrogen-bond donors (Lipinski definition) is 2.